The van der Waals surface area contributed by atoms with Crippen LogP contribution in [0.1, 0.15) is 6.92 Å². The van der Waals surface area contributed by atoms with Crippen LogP contribution in [0.15, 0.2) is 36.7 Å². The molecule has 1 aromatic heterocycles. The molecule has 2 aromatic rings. The third kappa shape index (κ3) is 2.83. The van der Waals surface area contributed by atoms with Crippen LogP contribution in [-0.2, 0) is 0 Å². The molecule has 0 bridgehead atoms. The molecule has 0 atom stereocenters. The third-order valence-electron chi connectivity index (χ3n) is 2.26. The molecular weight excluding hydrogens is 231 g/mol. The minimum atomic E-state index is -0.324. The largest absolute Gasteiger partial charge is 0.464 e. The van der Waals surface area contributed by atoms with E-state index in [1.54, 1.807) is 31.2 Å². The van der Waals surface area contributed by atoms with Crippen molar-refractivity contribution in [3.8, 4) is 29.0 Å². The van der Waals surface area contributed by atoms with E-state index in [1.807, 2.05) is 0 Å². The SMILES string of the molecule is CC#CCOc1cc(-c2ccccc2F)ncn1. The molecule has 2 rings (SSSR count). The summed E-state index contributed by atoms with van der Waals surface area (Å²) in [6, 6.07) is 8.03. The first-order valence-corrected chi connectivity index (χ1v) is 5.40. The average Bonchev–Trinajstić information content (AvgIpc) is 2.40. The minimum Gasteiger partial charge on any atom is -0.464 e. The number of nitrogens with zero attached hydrogens (tertiary/aromatic N) is 2. The summed E-state index contributed by atoms with van der Waals surface area (Å²) in [5.41, 5.74) is 0.911. The fourth-order valence-electron chi connectivity index (χ4n) is 1.42. The highest BCUT2D eigenvalue weighted by molar-refractivity contribution is 5.60. The van der Waals surface area contributed by atoms with E-state index in [0.29, 0.717) is 17.1 Å². The highest BCUT2D eigenvalue weighted by Gasteiger charge is 2.06. The molecule has 0 fully saturated rings. The van der Waals surface area contributed by atoms with Gasteiger partial charge in [0.05, 0.1) is 5.69 Å². The molecule has 4 heteroatoms. The zero-order valence-corrected chi connectivity index (χ0v) is 9.85. The normalized spacial score (nSPS) is 9.44. The number of benzene rings is 1. The lowest BCUT2D eigenvalue weighted by Gasteiger charge is -2.04. The second kappa shape index (κ2) is 5.78. The van der Waals surface area contributed by atoms with Crippen LogP contribution in [0.2, 0.25) is 0 Å². The molecule has 0 aliphatic rings. The summed E-state index contributed by atoms with van der Waals surface area (Å²) in [4.78, 5) is 7.97. The molecule has 0 spiro atoms. The summed E-state index contributed by atoms with van der Waals surface area (Å²) in [6.07, 6.45) is 1.34. The van der Waals surface area contributed by atoms with Crippen LogP contribution in [0.25, 0.3) is 11.3 Å². The van der Waals surface area contributed by atoms with Crippen LogP contribution < -0.4 is 4.74 Å². The highest BCUT2D eigenvalue weighted by Crippen LogP contribution is 2.22. The van der Waals surface area contributed by atoms with Gasteiger partial charge in [0.2, 0.25) is 5.88 Å². The average molecular weight is 242 g/mol. The van der Waals surface area contributed by atoms with Crippen LogP contribution in [0.3, 0.4) is 0 Å². The number of hydrogen-bond donors (Lipinski definition) is 0. The van der Waals surface area contributed by atoms with Gasteiger partial charge < -0.3 is 4.74 Å². The lowest BCUT2D eigenvalue weighted by atomic mass is 10.1. The number of ether oxygens (including phenoxy) is 1. The van der Waals surface area contributed by atoms with E-state index in [9.17, 15) is 4.39 Å². The molecule has 0 aliphatic heterocycles. The first kappa shape index (κ1) is 12.1. The van der Waals surface area contributed by atoms with E-state index in [2.05, 4.69) is 21.8 Å². The van der Waals surface area contributed by atoms with Gasteiger partial charge in [-0.15, -0.1) is 5.92 Å². The van der Waals surface area contributed by atoms with Crippen molar-refractivity contribution in [2.24, 2.45) is 0 Å². The van der Waals surface area contributed by atoms with Crippen molar-refractivity contribution in [2.75, 3.05) is 6.61 Å². The predicted octanol–water partition coefficient (Wildman–Crippen LogP) is 2.68. The van der Waals surface area contributed by atoms with Crippen molar-refractivity contribution < 1.29 is 9.13 Å². The fourth-order valence-corrected chi connectivity index (χ4v) is 1.42. The Labute approximate surface area is 105 Å². The zero-order chi connectivity index (χ0) is 12.8. The molecule has 0 saturated heterocycles. The van der Waals surface area contributed by atoms with Gasteiger partial charge >= 0.3 is 0 Å². The summed E-state index contributed by atoms with van der Waals surface area (Å²) in [5, 5.41) is 0. The van der Waals surface area contributed by atoms with E-state index in [4.69, 9.17) is 4.74 Å². The maximum atomic E-state index is 13.6. The van der Waals surface area contributed by atoms with Crippen LogP contribution in [0.4, 0.5) is 4.39 Å². The first-order chi connectivity index (χ1) is 8.81. The predicted molar refractivity (Wildman–Crippen MR) is 66.4 cm³/mol. The monoisotopic (exact) mass is 242 g/mol. The molecule has 0 radical (unpaired) electrons. The third-order valence-corrected chi connectivity index (χ3v) is 2.26. The molecule has 0 saturated carbocycles. The van der Waals surface area contributed by atoms with Crippen molar-refractivity contribution in [2.45, 2.75) is 6.92 Å². The van der Waals surface area contributed by atoms with Gasteiger partial charge in [-0.3, -0.25) is 0 Å². The lowest BCUT2D eigenvalue weighted by Crippen LogP contribution is -1.98. The topological polar surface area (TPSA) is 35.0 Å². The number of rotatable bonds is 3. The lowest BCUT2D eigenvalue weighted by molar-refractivity contribution is 0.354. The van der Waals surface area contributed by atoms with Gasteiger partial charge in [0, 0.05) is 11.6 Å². The van der Waals surface area contributed by atoms with Crippen LogP contribution >= 0.6 is 0 Å². The van der Waals surface area contributed by atoms with E-state index in [-0.39, 0.29) is 12.4 Å². The fraction of sp³-hybridized carbons (Fsp3) is 0.143. The highest BCUT2D eigenvalue weighted by atomic mass is 19.1. The Hall–Kier alpha value is -2.41. The summed E-state index contributed by atoms with van der Waals surface area (Å²) in [6.45, 7) is 1.98. The van der Waals surface area contributed by atoms with Gasteiger partial charge in [0.25, 0.3) is 0 Å². The van der Waals surface area contributed by atoms with Crippen LogP contribution in [0, 0.1) is 17.7 Å². The summed E-state index contributed by atoms with van der Waals surface area (Å²) >= 11 is 0. The van der Waals surface area contributed by atoms with Gasteiger partial charge in [-0.2, -0.15) is 0 Å². The maximum Gasteiger partial charge on any atom is 0.217 e. The Kier molecular flexibility index (Phi) is 3.87. The van der Waals surface area contributed by atoms with E-state index < -0.39 is 0 Å². The molecular formula is C14H11FN2O. The van der Waals surface area contributed by atoms with Crippen molar-refractivity contribution >= 4 is 0 Å². The number of halogens is 1. The number of hydrogen-bond acceptors (Lipinski definition) is 3. The standard InChI is InChI=1S/C14H11FN2O/c1-2-3-8-18-14-9-13(16-10-17-14)11-6-4-5-7-12(11)15/h4-7,9-10H,8H2,1H3. The Bertz CT molecular complexity index is 602. The molecule has 90 valence electrons. The van der Waals surface area contributed by atoms with Crippen molar-refractivity contribution in [3.05, 3.63) is 42.5 Å². The smallest absolute Gasteiger partial charge is 0.217 e. The van der Waals surface area contributed by atoms with Gasteiger partial charge in [0.15, 0.2) is 6.61 Å². The van der Waals surface area contributed by atoms with Gasteiger partial charge in [-0.25, -0.2) is 14.4 Å². The molecule has 0 unspecified atom stereocenters. The van der Waals surface area contributed by atoms with Crippen molar-refractivity contribution in [1.82, 2.24) is 9.97 Å². The van der Waals surface area contributed by atoms with E-state index >= 15 is 0 Å². The minimum absolute atomic E-state index is 0.254. The Morgan fingerprint density at radius 2 is 2.11 bits per heavy atom. The molecule has 0 amide bonds. The Morgan fingerprint density at radius 1 is 1.28 bits per heavy atom. The van der Waals surface area contributed by atoms with Gasteiger partial charge in [-0.05, 0) is 19.1 Å². The number of aromatic nitrogens is 2. The molecule has 1 heterocycles. The Balaban J connectivity index is 2.26. The molecule has 18 heavy (non-hydrogen) atoms. The summed E-state index contributed by atoms with van der Waals surface area (Å²) < 4.78 is 18.9. The zero-order valence-electron chi connectivity index (χ0n) is 9.85. The summed E-state index contributed by atoms with van der Waals surface area (Å²) in [5.74, 6) is 5.53. The van der Waals surface area contributed by atoms with Crippen LogP contribution in [0.5, 0.6) is 5.88 Å². The van der Waals surface area contributed by atoms with Gasteiger partial charge in [0.1, 0.15) is 12.1 Å². The molecule has 3 nitrogen and oxygen atoms in total. The quantitative estimate of drug-likeness (QED) is 0.776. The molecule has 0 N–H and O–H groups in total. The Morgan fingerprint density at radius 3 is 2.89 bits per heavy atom. The summed E-state index contributed by atoms with van der Waals surface area (Å²) in [7, 11) is 0. The molecule has 0 aliphatic carbocycles. The van der Waals surface area contributed by atoms with Crippen LogP contribution in [-0.4, -0.2) is 16.6 Å². The molecule has 1 aromatic carbocycles. The van der Waals surface area contributed by atoms with E-state index in [1.165, 1.54) is 12.4 Å². The first-order valence-electron chi connectivity index (χ1n) is 5.40. The van der Waals surface area contributed by atoms with Crippen molar-refractivity contribution in [1.29, 1.82) is 0 Å². The van der Waals surface area contributed by atoms with E-state index in [0.717, 1.165) is 0 Å². The van der Waals surface area contributed by atoms with Crippen molar-refractivity contribution in [3.63, 3.8) is 0 Å². The van der Waals surface area contributed by atoms with Gasteiger partial charge in [-0.1, -0.05) is 18.1 Å². The maximum absolute atomic E-state index is 13.6. The second-order valence-corrected chi connectivity index (χ2v) is 3.44. The second-order valence-electron chi connectivity index (χ2n) is 3.44.